The molecule has 1 aliphatic rings. The first-order valence-electron chi connectivity index (χ1n) is 4.31. The van der Waals surface area contributed by atoms with Crippen LogP contribution in [-0.4, -0.2) is 18.2 Å². The Morgan fingerprint density at radius 1 is 1.58 bits per heavy atom. The van der Waals surface area contributed by atoms with E-state index in [9.17, 15) is 9.59 Å². The minimum atomic E-state index is -0.756. The topological polar surface area (TPSA) is 46.2 Å². The molecule has 1 amide bonds. The van der Waals surface area contributed by atoms with E-state index in [1.165, 1.54) is 0 Å². The molecule has 0 spiro atoms. The van der Waals surface area contributed by atoms with Crippen LogP contribution in [-0.2, 0) is 9.59 Å². The maximum atomic E-state index is 11.6. The predicted octanol–water partition coefficient (Wildman–Crippen LogP) is 0.738. The summed E-state index contributed by atoms with van der Waals surface area (Å²) in [6.07, 6.45) is 0.642. The quantitative estimate of drug-likeness (QED) is 0.620. The highest BCUT2D eigenvalue weighted by Crippen LogP contribution is 2.29. The Bertz CT molecular complexity index is 223. The number of hydrogen-bond acceptors (Lipinski definition) is 2. The number of hydrogen-bond donors (Lipinski definition) is 1. The Balaban J connectivity index is 2.84. The predicted molar refractivity (Wildman–Crippen MR) is 45.6 cm³/mol. The molecular weight excluding hydrogens is 154 g/mol. The first-order valence-corrected chi connectivity index (χ1v) is 4.31. The summed E-state index contributed by atoms with van der Waals surface area (Å²) < 4.78 is 0. The van der Waals surface area contributed by atoms with Gasteiger partial charge in [0, 0.05) is 12.5 Å². The van der Waals surface area contributed by atoms with E-state index < -0.39 is 5.41 Å². The lowest BCUT2D eigenvalue weighted by Gasteiger charge is -2.20. The van der Waals surface area contributed by atoms with Gasteiger partial charge in [-0.05, 0) is 13.3 Å². The van der Waals surface area contributed by atoms with E-state index >= 15 is 0 Å². The third kappa shape index (κ3) is 1.24. The lowest BCUT2D eigenvalue weighted by atomic mass is 9.79. The SMILES string of the molecule is CC(C)C(=O)[C@]1(C)CCNC1=O. The zero-order chi connectivity index (χ0) is 9.35. The van der Waals surface area contributed by atoms with Crippen LogP contribution in [0.15, 0.2) is 0 Å². The first-order chi connectivity index (χ1) is 5.48. The number of carbonyl (C=O) groups excluding carboxylic acids is 2. The van der Waals surface area contributed by atoms with Crippen molar-refractivity contribution in [3.05, 3.63) is 0 Å². The molecule has 1 atom stereocenters. The van der Waals surface area contributed by atoms with Crippen molar-refractivity contribution in [1.82, 2.24) is 5.32 Å². The first kappa shape index (κ1) is 9.23. The summed E-state index contributed by atoms with van der Waals surface area (Å²) in [5.41, 5.74) is -0.756. The molecule has 68 valence electrons. The summed E-state index contributed by atoms with van der Waals surface area (Å²) in [4.78, 5) is 22.9. The van der Waals surface area contributed by atoms with Gasteiger partial charge in [0.2, 0.25) is 5.91 Å². The summed E-state index contributed by atoms with van der Waals surface area (Å²) in [5, 5.41) is 2.69. The molecule has 1 fully saturated rings. The van der Waals surface area contributed by atoms with Gasteiger partial charge in [0.05, 0.1) is 0 Å². The largest absolute Gasteiger partial charge is 0.355 e. The highest BCUT2D eigenvalue weighted by atomic mass is 16.2. The highest BCUT2D eigenvalue weighted by molar-refractivity contribution is 6.07. The number of Topliss-reactive ketones (excluding diaryl/α,β-unsaturated/α-hetero) is 1. The van der Waals surface area contributed by atoms with Gasteiger partial charge in [-0.25, -0.2) is 0 Å². The normalized spacial score (nSPS) is 29.2. The van der Waals surface area contributed by atoms with Gasteiger partial charge in [-0.1, -0.05) is 13.8 Å². The van der Waals surface area contributed by atoms with Crippen molar-refractivity contribution in [2.24, 2.45) is 11.3 Å². The Morgan fingerprint density at radius 2 is 2.17 bits per heavy atom. The molecule has 0 bridgehead atoms. The molecular formula is C9H15NO2. The molecule has 0 aromatic heterocycles. The molecule has 0 saturated carbocycles. The van der Waals surface area contributed by atoms with E-state index in [1.807, 2.05) is 13.8 Å². The van der Waals surface area contributed by atoms with Crippen LogP contribution in [0.5, 0.6) is 0 Å². The molecule has 0 aliphatic carbocycles. The molecule has 1 rings (SSSR count). The van der Waals surface area contributed by atoms with Crippen LogP contribution in [0.1, 0.15) is 27.2 Å². The van der Waals surface area contributed by atoms with Crippen LogP contribution in [0, 0.1) is 11.3 Å². The van der Waals surface area contributed by atoms with E-state index in [4.69, 9.17) is 0 Å². The van der Waals surface area contributed by atoms with E-state index in [0.29, 0.717) is 13.0 Å². The molecule has 3 heteroatoms. The molecule has 12 heavy (non-hydrogen) atoms. The van der Waals surface area contributed by atoms with Crippen molar-refractivity contribution in [3.63, 3.8) is 0 Å². The average Bonchev–Trinajstić information content (AvgIpc) is 2.32. The fourth-order valence-electron chi connectivity index (χ4n) is 1.61. The molecule has 0 unspecified atom stereocenters. The third-order valence-electron chi connectivity index (χ3n) is 2.48. The van der Waals surface area contributed by atoms with Crippen molar-refractivity contribution in [2.45, 2.75) is 27.2 Å². The van der Waals surface area contributed by atoms with Crippen LogP contribution in [0.4, 0.5) is 0 Å². The molecule has 1 N–H and O–H groups in total. The number of amides is 1. The Morgan fingerprint density at radius 3 is 2.50 bits per heavy atom. The van der Waals surface area contributed by atoms with Crippen molar-refractivity contribution in [1.29, 1.82) is 0 Å². The average molecular weight is 169 g/mol. The fourth-order valence-corrected chi connectivity index (χ4v) is 1.61. The van der Waals surface area contributed by atoms with Crippen molar-refractivity contribution >= 4 is 11.7 Å². The van der Waals surface area contributed by atoms with Gasteiger partial charge in [0.1, 0.15) is 5.41 Å². The van der Waals surface area contributed by atoms with Crippen molar-refractivity contribution < 1.29 is 9.59 Å². The summed E-state index contributed by atoms with van der Waals surface area (Å²) in [5.74, 6) is -0.113. The highest BCUT2D eigenvalue weighted by Gasteiger charge is 2.44. The van der Waals surface area contributed by atoms with Crippen LogP contribution < -0.4 is 5.32 Å². The summed E-state index contributed by atoms with van der Waals surface area (Å²) in [6.45, 7) is 6.03. The molecule has 0 aromatic rings. The minimum absolute atomic E-state index is 0.0532. The van der Waals surface area contributed by atoms with E-state index in [1.54, 1.807) is 6.92 Å². The van der Waals surface area contributed by atoms with Gasteiger partial charge >= 0.3 is 0 Å². The standard InChI is InChI=1S/C9H15NO2/c1-6(2)7(11)9(3)4-5-10-8(9)12/h6H,4-5H2,1-3H3,(H,10,12)/t9-/m0/s1. The molecule has 0 aromatic carbocycles. The number of carbonyl (C=O) groups is 2. The van der Waals surface area contributed by atoms with Gasteiger partial charge in [0.25, 0.3) is 0 Å². The van der Waals surface area contributed by atoms with Crippen LogP contribution in [0.25, 0.3) is 0 Å². The van der Waals surface area contributed by atoms with Crippen LogP contribution in [0.2, 0.25) is 0 Å². The van der Waals surface area contributed by atoms with Crippen LogP contribution in [0.3, 0.4) is 0 Å². The van der Waals surface area contributed by atoms with E-state index in [2.05, 4.69) is 5.32 Å². The van der Waals surface area contributed by atoms with Gasteiger partial charge in [-0.2, -0.15) is 0 Å². The Kier molecular flexibility index (Phi) is 2.22. The van der Waals surface area contributed by atoms with Crippen molar-refractivity contribution in [2.75, 3.05) is 6.54 Å². The molecule has 1 heterocycles. The second-order valence-corrected chi connectivity index (χ2v) is 3.86. The monoisotopic (exact) mass is 169 g/mol. The number of nitrogens with one attached hydrogen (secondary N) is 1. The molecule has 3 nitrogen and oxygen atoms in total. The van der Waals surface area contributed by atoms with Crippen LogP contribution >= 0.6 is 0 Å². The number of ketones is 1. The van der Waals surface area contributed by atoms with Gasteiger partial charge in [-0.15, -0.1) is 0 Å². The second-order valence-electron chi connectivity index (χ2n) is 3.86. The summed E-state index contributed by atoms with van der Waals surface area (Å²) in [7, 11) is 0. The zero-order valence-electron chi connectivity index (χ0n) is 7.81. The maximum Gasteiger partial charge on any atom is 0.233 e. The fraction of sp³-hybridized carbons (Fsp3) is 0.778. The second kappa shape index (κ2) is 2.88. The molecule has 0 radical (unpaired) electrons. The van der Waals surface area contributed by atoms with E-state index in [0.717, 1.165) is 0 Å². The van der Waals surface area contributed by atoms with Gasteiger partial charge in [0.15, 0.2) is 5.78 Å². The zero-order valence-corrected chi connectivity index (χ0v) is 7.81. The Hall–Kier alpha value is -0.860. The lowest BCUT2D eigenvalue weighted by molar-refractivity contribution is -0.140. The molecule has 1 saturated heterocycles. The van der Waals surface area contributed by atoms with Crippen molar-refractivity contribution in [3.8, 4) is 0 Å². The summed E-state index contributed by atoms with van der Waals surface area (Å²) in [6, 6.07) is 0. The van der Waals surface area contributed by atoms with Gasteiger partial charge < -0.3 is 5.32 Å². The summed E-state index contributed by atoms with van der Waals surface area (Å²) >= 11 is 0. The smallest absolute Gasteiger partial charge is 0.233 e. The minimum Gasteiger partial charge on any atom is -0.355 e. The molecule has 1 aliphatic heterocycles. The van der Waals surface area contributed by atoms with Gasteiger partial charge in [-0.3, -0.25) is 9.59 Å². The lowest BCUT2D eigenvalue weighted by Crippen LogP contribution is -2.38. The maximum absolute atomic E-state index is 11.6. The Labute approximate surface area is 72.5 Å². The van der Waals surface area contributed by atoms with E-state index in [-0.39, 0.29) is 17.6 Å². The third-order valence-corrected chi connectivity index (χ3v) is 2.48. The number of rotatable bonds is 2.